The molecule has 0 radical (unpaired) electrons. The third-order valence-corrected chi connectivity index (χ3v) is 4.20. The number of benzene rings is 1. The smallest absolute Gasteiger partial charge is 0.163 e. The summed E-state index contributed by atoms with van der Waals surface area (Å²) in [6.45, 7) is 1.40. The Bertz CT molecular complexity index is 691. The fraction of sp³-hybridized carbons (Fsp3) is 0.267. The van der Waals surface area contributed by atoms with Crippen LogP contribution in [0.4, 0.5) is 0 Å². The predicted octanol–water partition coefficient (Wildman–Crippen LogP) is 3.38. The fourth-order valence-corrected chi connectivity index (χ4v) is 3.09. The Balaban J connectivity index is 1.72. The SMILES string of the molecule is c1csc(Cc2nc3cc4c(cc3[nH]2)OCCCO4)c1. The summed E-state index contributed by atoms with van der Waals surface area (Å²) in [7, 11) is 0. The summed E-state index contributed by atoms with van der Waals surface area (Å²) in [6, 6.07) is 8.14. The summed E-state index contributed by atoms with van der Waals surface area (Å²) in [4.78, 5) is 9.31. The second-order valence-electron chi connectivity index (χ2n) is 4.81. The molecule has 0 fully saturated rings. The first kappa shape index (κ1) is 11.8. The Morgan fingerprint density at radius 2 is 2.05 bits per heavy atom. The zero-order chi connectivity index (χ0) is 13.4. The first-order chi connectivity index (χ1) is 9.88. The van der Waals surface area contributed by atoms with E-state index in [1.54, 1.807) is 11.3 Å². The van der Waals surface area contributed by atoms with Gasteiger partial charge in [0.25, 0.3) is 0 Å². The van der Waals surface area contributed by atoms with Crippen LogP contribution >= 0.6 is 11.3 Å². The molecule has 0 amide bonds. The summed E-state index contributed by atoms with van der Waals surface area (Å²) in [5, 5.41) is 2.09. The van der Waals surface area contributed by atoms with Crippen LogP contribution in [0.1, 0.15) is 17.1 Å². The van der Waals surface area contributed by atoms with Crippen molar-refractivity contribution in [3.05, 3.63) is 40.3 Å². The summed E-state index contributed by atoms with van der Waals surface area (Å²) in [5.74, 6) is 2.58. The van der Waals surface area contributed by atoms with Crippen molar-refractivity contribution in [1.29, 1.82) is 0 Å². The maximum atomic E-state index is 5.70. The van der Waals surface area contributed by atoms with Gasteiger partial charge in [0.15, 0.2) is 11.5 Å². The number of ether oxygens (including phenoxy) is 2. The zero-order valence-electron chi connectivity index (χ0n) is 10.9. The quantitative estimate of drug-likeness (QED) is 0.785. The molecule has 2 aromatic heterocycles. The number of hydrogen-bond acceptors (Lipinski definition) is 4. The molecular formula is C15H14N2O2S. The number of thiophene rings is 1. The van der Waals surface area contributed by atoms with Crippen LogP contribution in [0.5, 0.6) is 11.5 Å². The van der Waals surface area contributed by atoms with Crippen LogP contribution in [0.3, 0.4) is 0 Å². The van der Waals surface area contributed by atoms with Gasteiger partial charge in [-0.1, -0.05) is 6.07 Å². The van der Waals surface area contributed by atoms with Gasteiger partial charge in [-0.15, -0.1) is 11.3 Å². The molecule has 0 unspecified atom stereocenters. The minimum atomic E-state index is 0.699. The molecule has 0 atom stereocenters. The highest BCUT2D eigenvalue weighted by Gasteiger charge is 2.14. The van der Waals surface area contributed by atoms with Gasteiger partial charge in [-0.2, -0.15) is 0 Å². The van der Waals surface area contributed by atoms with E-state index >= 15 is 0 Å². The number of hydrogen-bond donors (Lipinski definition) is 1. The van der Waals surface area contributed by atoms with E-state index in [2.05, 4.69) is 27.5 Å². The Kier molecular flexibility index (Phi) is 2.85. The van der Waals surface area contributed by atoms with Gasteiger partial charge in [-0.3, -0.25) is 0 Å². The highest BCUT2D eigenvalue weighted by Crippen LogP contribution is 2.33. The molecule has 20 heavy (non-hydrogen) atoms. The van der Waals surface area contributed by atoms with Crippen molar-refractivity contribution in [2.24, 2.45) is 0 Å². The first-order valence-corrected chi connectivity index (χ1v) is 7.57. The van der Waals surface area contributed by atoms with Crippen molar-refractivity contribution >= 4 is 22.4 Å². The van der Waals surface area contributed by atoms with Crippen LogP contribution in [0, 0.1) is 0 Å². The molecule has 0 saturated heterocycles. The van der Waals surface area contributed by atoms with Gasteiger partial charge in [-0.05, 0) is 11.4 Å². The normalized spacial score (nSPS) is 14.4. The molecule has 1 aliphatic rings. The average Bonchev–Trinajstić information content (AvgIpc) is 3.01. The third kappa shape index (κ3) is 2.14. The lowest BCUT2D eigenvalue weighted by Gasteiger charge is -2.05. The summed E-state index contributed by atoms with van der Waals surface area (Å²) in [6.07, 6.45) is 1.75. The lowest BCUT2D eigenvalue weighted by atomic mass is 10.3. The first-order valence-electron chi connectivity index (χ1n) is 6.69. The standard InChI is InChI=1S/C15H14N2O2S/c1-3-10(20-6-1)7-15-16-11-8-13-14(9-12(11)17-15)19-5-2-4-18-13/h1,3,6,8-9H,2,4-5,7H2,(H,16,17). The molecule has 1 N–H and O–H groups in total. The van der Waals surface area contributed by atoms with Crippen molar-refractivity contribution in [3.8, 4) is 11.5 Å². The molecule has 5 heteroatoms. The number of H-pyrrole nitrogens is 1. The van der Waals surface area contributed by atoms with Crippen molar-refractivity contribution < 1.29 is 9.47 Å². The molecule has 3 heterocycles. The number of imidazole rings is 1. The van der Waals surface area contributed by atoms with Crippen molar-refractivity contribution in [2.45, 2.75) is 12.8 Å². The molecule has 0 spiro atoms. The maximum absolute atomic E-state index is 5.70. The van der Waals surface area contributed by atoms with E-state index in [1.807, 2.05) is 12.1 Å². The number of aromatic amines is 1. The molecule has 3 aromatic rings. The van der Waals surface area contributed by atoms with E-state index in [1.165, 1.54) is 4.88 Å². The van der Waals surface area contributed by atoms with Gasteiger partial charge in [0.1, 0.15) is 5.82 Å². The highest BCUT2D eigenvalue weighted by molar-refractivity contribution is 7.09. The monoisotopic (exact) mass is 286 g/mol. The lowest BCUT2D eigenvalue weighted by Crippen LogP contribution is -1.97. The molecule has 1 aromatic carbocycles. The Hall–Kier alpha value is -2.01. The van der Waals surface area contributed by atoms with E-state index in [9.17, 15) is 0 Å². The maximum Gasteiger partial charge on any atom is 0.163 e. The highest BCUT2D eigenvalue weighted by atomic mass is 32.1. The number of aromatic nitrogens is 2. The minimum absolute atomic E-state index is 0.699. The van der Waals surface area contributed by atoms with E-state index < -0.39 is 0 Å². The Morgan fingerprint density at radius 1 is 1.20 bits per heavy atom. The molecular weight excluding hydrogens is 272 g/mol. The van der Waals surface area contributed by atoms with Gasteiger partial charge >= 0.3 is 0 Å². The topological polar surface area (TPSA) is 47.1 Å². The van der Waals surface area contributed by atoms with Crippen LogP contribution in [-0.4, -0.2) is 23.2 Å². The number of nitrogens with one attached hydrogen (secondary N) is 1. The fourth-order valence-electron chi connectivity index (χ4n) is 2.38. The molecule has 0 aliphatic carbocycles. The second kappa shape index (κ2) is 4.83. The zero-order valence-corrected chi connectivity index (χ0v) is 11.7. The lowest BCUT2D eigenvalue weighted by molar-refractivity contribution is 0.297. The molecule has 4 rings (SSSR count). The van der Waals surface area contributed by atoms with E-state index in [4.69, 9.17) is 9.47 Å². The molecule has 4 nitrogen and oxygen atoms in total. The summed E-state index contributed by atoms with van der Waals surface area (Å²) >= 11 is 1.75. The van der Waals surface area contributed by atoms with Gasteiger partial charge in [0, 0.05) is 29.9 Å². The van der Waals surface area contributed by atoms with Crippen molar-refractivity contribution in [1.82, 2.24) is 9.97 Å². The van der Waals surface area contributed by atoms with Gasteiger partial charge in [0.2, 0.25) is 0 Å². The van der Waals surface area contributed by atoms with E-state index in [0.29, 0.717) is 13.2 Å². The second-order valence-corrected chi connectivity index (χ2v) is 5.84. The number of nitrogens with zero attached hydrogens (tertiary/aromatic N) is 1. The van der Waals surface area contributed by atoms with Crippen LogP contribution in [0.25, 0.3) is 11.0 Å². The van der Waals surface area contributed by atoms with Gasteiger partial charge in [0.05, 0.1) is 24.2 Å². The largest absolute Gasteiger partial charge is 0.489 e. The van der Waals surface area contributed by atoms with E-state index in [-0.39, 0.29) is 0 Å². The van der Waals surface area contributed by atoms with Crippen LogP contribution in [0.15, 0.2) is 29.6 Å². The van der Waals surface area contributed by atoms with Crippen LogP contribution < -0.4 is 9.47 Å². The minimum Gasteiger partial charge on any atom is -0.489 e. The Labute approximate surface area is 120 Å². The van der Waals surface area contributed by atoms with Crippen molar-refractivity contribution in [3.63, 3.8) is 0 Å². The summed E-state index contributed by atoms with van der Waals surface area (Å²) in [5.41, 5.74) is 1.93. The Morgan fingerprint density at radius 3 is 2.85 bits per heavy atom. The number of fused-ring (bicyclic) bond motifs is 2. The molecule has 0 bridgehead atoms. The average molecular weight is 286 g/mol. The molecule has 0 saturated carbocycles. The predicted molar refractivity (Wildman–Crippen MR) is 78.8 cm³/mol. The van der Waals surface area contributed by atoms with Gasteiger partial charge < -0.3 is 14.5 Å². The third-order valence-electron chi connectivity index (χ3n) is 3.32. The molecule has 1 aliphatic heterocycles. The summed E-state index contributed by atoms with van der Waals surface area (Å²) < 4.78 is 11.4. The molecule has 102 valence electrons. The van der Waals surface area contributed by atoms with Crippen molar-refractivity contribution in [2.75, 3.05) is 13.2 Å². The number of rotatable bonds is 2. The van der Waals surface area contributed by atoms with Gasteiger partial charge in [-0.25, -0.2) is 4.98 Å². The van der Waals surface area contributed by atoms with Crippen LogP contribution in [0.2, 0.25) is 0 Å². The van der Waals surface area contributed by atoms with E-state index in [0.717, 1.165) is 41.2 Å². The van der Waals surface area contributed by atoms with Crippen LogP contribution in [-0.2, 0) is 6.42 Å².